The normalized spacial score (nSPS) is 9.44. The molecule has 0 atom stereocenters. The summed E-state index contributed by atoms with van der Waals surface area (Å²) in [6, 6.07) is 0. The summed E-state index contributed by atoms with van der Waals surface area (Å²) < 4.78 is 0. The Morgan fingerprint density at radius 1 is 1.67 bits per heavy atom. The summed E-state index contributed by atoms with van der Waals surface area (Å²) in [6.07, 6.45) is 3.62. The van der Waals surface area contributed by atoms with E-state index in [-0.39, 0.29) is 12.5 Å². The molecule has 0 heterocycles. The topological polar surface area (TPSA) is 46.2 Å². The molecular weight excluding hydrogens is 118 g/mol. The van der Waals surface area contributed by atoms with Gasteiger partial charge in [0.2, 0.25) is 5.91 Å². The highest BCUT2D eigenvalue weighted by Crippen LogP contribution is 1.68. The van der Waals surface area contributed by atoms with Crippen LogP contribution in [-0.2, 0) is 9.59 Å². The van der Waals surface area contributed by atoms with Crippen LogP contribution in [0.4, 0.5) is 0 Å². The van der Waals surface area contributed by atoms with E-state index in [0.717, 1.165) is 0 Å². The Hall–Kier alpha value is -1.12. The molecule has 1 N–H and O–H groups in total. The van der Waals surface area contributed by atoms with Gasteiger partial charge in [0.25, 0.3) is 0 Å². The Kier molecular flexibility index (Phi) is 4.40. The van der Waals surface area contributed by atoms with Crippen molar-refractivity contribution < 1.29 is 9.59 Å². The first kappa shape index (κ1) is 7.88. The van der Waals surface area contributed by atoms with Crippen LogP contribution in [-0.4, -0.2) is 18.7 Å². The number of rotatable bonds is 3. The average Bonchev–Trinajstić information content (AvgIpc) is 1.85. The quantitative estimate of drug-likeness (QED) is 0.424. The van der Waals surface area contributed by atoms with E-state index in [1.165, 1.54) is 6.08 Å². The van der Waals surface area contributed by atoms with Gasteiger partial charge in [-0.2, -0.15) is 0 Å². The van der Waals surface area contributed by atoms with E-state index in [0.29, 0.717) is 6.29 Å². The van der Waals surface area contributed by atoms with Crippen LogP contribution in [0.25, 0.3) is 0 Å². The summed E-state index contributed by atoms with van der Waals surface area (Å²) in [7, 11) is 0. The van der Waals surface area contributed by atoms with Crippen LogP contribution in [0.1, 0.15) is 6.92 Å². The van der Waals surface area contributed by atoms with Crippen molar-refractivity contribution in [1.82, 2.24) is 5.32 Å². The summed E-state index contributed by atoms with van der Waals surface area (Å²) in [5.74, 6) is -0.232. The van der Waals surface area contributed by atoms with Crippen LogP contribution in [0.5, 0.6) is 0 Å². The van der Waals surface area contributed by atoms with Crippen molar-refractivity contribution in [2.24, 2.45) is 0 Å². The van der Waals surface area contributed by atoms with E-state index in [1.54, 1.807) is 13.0 Å². The third-order valence-electron chi connectivity index (χ3n) is 0.678. The highest BCUT2D eigenvalue weighted by atomic mass is 16.2. The molecule has 0 bridgehead atoms. The number of amides is 1. The number of nitrogens with one attached hydrogen (secondary N) is 1. The van der Waals surface area contributed by atoms with Crippen molar-refractivity contribution in [2.75, 3.05) is 6.54 Å². The van der Waals surface area contributed by atoms with Crippen LogP contribution in [0, 0.1) is 0 Å². The van der Waals surface area contributed by atoms with Crippen LogP contribution in [0.2, 0.25) is 0 Å². The van der Waals surface area contributed by atoms with Gasteiger partial charge in [-0.3, -0.25) is 4.79 Å². The second-order valence-corrected chi connectivity index (χ2v) is 1.41. The minimum absolute atomic E-state index is 0.0865. The summed E-state index contributed by atoms with van der Waals surface area (Å²) in [4.78, 5) is 20.1. The van der Waals surface area contributed by atoms with Crippen LogP contribution < -0.4 is 5.32 Å². The van der Waals surface area contributed by atoms with Crippen LogP contribution in [0.3, 0.4) is 0 Å². The summed E-state index contributed by atoms with van der Waals surface area (Å²) in [5, 5.41) is 2.34. The Balaban J connectivity index is 3.38. The van der Waals surface area contributed by atoms with Gasteiger partial charge in [-0.15, -0.1) is 0 Å². The fourth-order valence-corrected chi connectivity index (χ4v) is 0.353. The highest BCUT2D eigenvalue weighted by Gasteiger charge is 1.88. The van der Waals surface area contributed by atoms with E-state index < -0.39 is 0 Å². The van der Waals surface area contributed by atoms with E-state index in [4.69, 9.17) is 0 Å². The van der Waals surface area contributed by atoms with Gasteiger partial charge in [-0.05, 0) is 13.0 Å². The van der Waals surface area contributed by atoms with Crippen molar-refractivity contribution in [2.45, 2.75) is 6.92 Å². The maximum Gasteiger partial charge on any atom is 0.244 e. The van der Waals surface area contributed by atoms with E-state index in [1.807, 2.05) is 0 Å². The number of hydrogen-bond donors (Lipinski definition) is 1. The van der Waals surface area contributed by atoms with E-state index in [9.17, 15) is 9.59 Å². The zero-order chi connectivity index (χ0) is 7.11. The van der Waals surface area contributed by atoms with Crippen LogP contribution in [0.15, 0.2) is 12.2 Å². The first-order valence-electron chi connectivity index (χ1n) is 2.65. The van der Waals surface area contributed by atoms with Crippen molar-refractivity contribution in [3.8, 4) is 0 Å². The van der Waals surface area contributed by atoms with Crippen LogP contribution >= 0.6 is 0 Å². The fourth-order valence-electron chi connectivity index (χ4n) is 0.353. The molecule has 0 aromatic carbocycles. The lowest BCUT2D eigenvalue weighted by Gasteiger charge is -1.90. The predicted molar refractivity (Wildman–Crippen MR) is 33.9 cm³/mol. The molecule has 0 rings (SSSR count). The minimum atomic E-state index is -0.232. The molecule has 3 heteroatoms. The number of carbonyl (C=O) groups excluding carboxylic acids is 2. The smallest absolute Gasteiger partial charge is 0.244 e. The van der Waals surface area contributed by atoms with Gasteiger partial charge in [0.05, 0.1) is 6.54 Å². The zero-order valence-corrected chi connectivity index (χ0v) is 5.26. The van der Waals surface area contributed by atoms with Gasteiger partial charge in [0, 0.05) is 0 Å². The molecule has 0 radical (unpaired) electrons. The van der Waals surface area contributed by atoms with Gasteiger partial charge in [0.15, 0.2) is 0 Å². The standard InChI is InChI=1S/C6H9NO2/c1-2-3-6(9)7-4-5-8/h2-3,5H,4H2,1H3,(H,7,9). The Labute approximate surface area is 53.7 Å². The molecule has 0 aromatic rings. The maximum absolute atomic E-state index is 10.4. The molecule has 0 aliphatic carbocycles. The molecule has 0 saturated heterocycles. The number of hydrogen-bond acceptors (Lipinski definition) is 2. The van der Waals surface area contributed by atoms with Gasteiger partial charge < -0.3 is 10.1 Å². The molecule has 0 fully saturated rings. The summed E-state index contributed by atoms with van der Waals surface area (Å²) in [5.41, 5.74) is 0. The highest BCUT2D eigenvalue weighted by molar-refractivity contribution is 5.88. The zero-order valence-electron chi connectivity index (χ0n) is 5.26. The first-order chi connectivity index (χ1) is 4.31. The molecule has 50 valence electrons. The summed E-state index contributed by atoms with van der Waals surface area (Å²) in [6.45, 7) is 1.82. The SMILES string of the molecule is CC=CC(=O)NCC=O. The summed E-state index contributed by atoms with van der Waals surface area (Å²) >= 11 is 0. The van der Waals surface area contributed by atoms with Gasteiger partial charge in [-0.25, -0.2) is 0 Å². The first-order valence-corrected chi connectivity index (χ1v) is 2.65. The Bertz CT molecular complexity index is 129. The van der Waals surface area contributed by atoms with Gasteiger partial charge in [0.1, 0.15) is 6.29 Å². The molecule has 9 heavy (non-hydrogen) atoms. The number of allylic oxidation sites excluding steroid dienone is 1. The Morgan fingerprint density at radius 2 is 2.33 bits per heavy atom. The third-order valence-corrected chi connectivity index (χ3v) is 0.678. The van der Waals surface area contributed by atoms with Crippen molar-refractivity contribution in [1.29, 1.82) is 0 Å². The van der Waals surface area contributed by atoms with Crippen molar-refractivity contribution in [3.63, 3.8) is 0 Å². The van der Waals surface area contributed by atoms with E-state index in [2.05, 4.69) is 5.32 Å². The molecule has 0 aromatic heterocycles. The molecular formula is C6H9NO2. The fraction of sp³-hybridized carbons (Fsp3) is 0.333. The van der Waals surface area contributed by atoms with Gasteiger partial charge >= 0.3 is 0 Å². The lowest BCUT2D eigenvalue weighted by atomic mass is 10.5. The molecule has 0 aliphatic heterocycles. The van der Waals surface area contributed by atoms with Gasteiger partial charge in [-0.1, -0.05) is 6.08 Å². The molecule has 3 nitrogen and oxygen atoms in total. The molecule has 0 saturated carbocycles. The lowest BCUT2D eigenvalue weighted by Crippen LogP contribution is -2.22. The van der Waals surface area contributed by atoms with E-state index >= 15 is 0 Å². The second kappa shape index (κ2) is 5.03. The molecule has 0 aliphatic rings. The third kappa shape index (κ3) is 4.74. The second-order valence-electron chi connectivity index (χ2n) is 1.41. The van der Waals surface area contributed by atoms with Crippen molar-refractivity contribution in [3.05, 3.63) is 12.2 Å². The maximum atomic E-state index is 10.4. The number of carbonyl (C=O) groups is 2. The molecule has 0 spiro atoms. The van der Waals surface area contributed by atoms with Crippen molar-refractivity contribution >= 4 is 12.2 Å². The minimum Gasteiger partial charge on any atom is -0.346 e. The molecule has 0 unspecified atom stereocenters. The molecule has 1 amide bonds. The average molecular weight is 127 g/mol. The largest absolute Gasteiger partial charge is 0.346 e. The Morgan fingerprint density at radius 3 is 2.78 bits per heavy atom. The lowest BCUT2D eigenvalue weighted by molar-refractivity contribution is -0.118. The monoisotopic (exact) mass is 127 g/mol. The number of aldehydes is 1. The predicted octanol–water partition coefficient (Wildman–Crippen LogP) is -0.122.